The molecule has 0 aliphatic carbocycles. The van der Waals surface area contributed by atoms with Gasteiger partial charge in [-0.25, -0.2) is 0 Å². The maximum absolute atomic E-state index is 9.21. The minimum absolute atomic E-state index is 0.0155. The van der Waals surface area contributed by atoms with Gasteiger partial charge in [0.1, 0.15) is 6.07 Å². The summed E-state index contributed by atoms with van der Waals surface area (Å²) in [4.78, 5) is 2.30. The molecule has 3 nitrogen and oxygen atoms in total. The normalized spacial score (nSPS) is 18.1. The van der Waals surface area contributed by atoms with Gasteiger partial charge in [0.25, 0.3) is 0 Å². The van der Waals surface area contributed by atoms with Crippen molar-refractivity contribution < 1.29 is 5.11 Å². The summed E-state index contributed by atoms with van der Waals surface area (Å²) < 4.78 is 0. The van der Waals surface area contributed by atoms with E-state index in [1.165, 1.54) is 6.42 Å². The highest BCUT2D eigenvalue weighted by atomic mass is 16.3. The van der Waals surface area contributed by atoms with Gasteiger partial charge in [0, 0.05) is 12.1 Å². The minimum atomic E-state index is -0.0155. The van der Waals surface area contributed by atoms with Gasteiger partial charge in [-0.1, -0.05) is 6.07 Å². The van der Waals surface area contributed by atoms with Crippen molar-refractivity contribution in [2.45, 2.75) is 38.8 Å². The van der Waals surface area contributed by atoms with Crippen LogP contribution in [-0.4, -0.2) is 17.2 Å². The van der Waals surface area contributed by atoms with Gasteiger partial charge in [-0.05, 0) is 44.4 Å². The monoisotopic (exact) mass is 230 g/mol. The van der Waals surface area contributed by atoms with Gasteiger partial charge in [0.05, 0.1) is 17.9 Å². The fourth-order valence-electron chi connectivity index (χ4n) is 2.56. The van der Waals surface area contributed by atoms with Crippen molar-refractivity contribution in [2.75, 3.05) is 11.4 Å². The number of aliphatic hydroxyl groups is 1. The zero-order valence-corrected chi connectivity index (χ0v) is 10.4. The van der Waals surface area contributed by atoms with Gasteiger partial charge < -0.3 is 10.0 Å². The number of rotatable bonds is 2. The second-order valence-electron chi connectivity index (χ2n) is 5.19. The molecule has 0 amide bonds. The van der Waals surface area contributed by atoms with Gasteiger partial charge >= 0.3 is 0 Å². The van der Waals surface area contributed by atoms with Crippen LogP contribution >= 0.6 is 0 Å². The van der Waals surface area contributed by atoms with Crippen molar-refractivity contribution in [3.63, 3.8) is 0 Å². The van der Waals surface area contributed by atoms with Crippen molar-refractivity contribution in [3.05, 3.63) is 29.3 Å². The van der Waals surface area contributed by atoms with Gasteiger partial charge in [-0.3, -0.25) is 0 Å². The van der Waals surface area contributed by atoms with Crippen LogP contribution in [0.3, 0.4) is 0 Å². The second kappa shape index (κ2) is 4.38. The van der Waals surface area contributed by atoms with Crippen LogP contribution in [0, 0.1) is 11.3 Å². The molecule has 1 heterocycles. The summed E-state index contributed by atoms with van der Waals surface area (Å²) in [6, 6.07) is 7.86. The van der Waals surface area contributed by atoms with E-state index in [9.17, 15) is 5.26 Å². The lowest BCUT2D eigenvalue weighted by Gasteiger charge is -2.34. The van der Waals surface area contributed by atoms with Crippen molar-refractivity contribution in [1.82, 2.24) is 0 Å². The SMILES string of the molecule is CC1(C)CCCN1c1ccc(CO)cc1C#N. The molecule has 1 N–H and O–H groups in total. The maximum atomic E-state index is 9.21. The minimum Gasteiger partial charge on any atom is -0.392 e. The number of hydrogen-bond acceptors (Lipinski definition) is 3. The van der Waals surface area contributed by atoms with Crippen LogP contribution in [-0.2, 0) is 6.61 Å². The Kier molecular flexibility index (Phi) is 3.08. The van der Waals surface area contributed by atoms with E-state index >= 15 is 0 Å². The molecular weight excluding hydrogens is 212 g/mol. The summed E-state index contributed by atoms with van der Waals surface area (Å²) in [6.45, 7) is 5.40. The van der Waals surface area contributed by atoms with Crippen LogP contribution < -0.4 is 4.90 Å². The molecule has 17 heavy (non-hydrogen) atoms. The highest BCUT2D eigenvalue weighted by Crippen LogP contribution is 2.35. The lowest BCUT2D eigenvalue weighted by Crippen LogP contribution is -2.38. The number of aliphatic hydroxyl groups excluding tert-OH is 1. The highest BCUT2D eigenvalue weighted by Gasteiger charge is 2.33. The molecule has 1 aliphatic rings. The fraction of sp³-hybridized carbons (Fsp3) is 0.500. The number of hydrogen-bond donors (Lipinski definition) is 1. The third-order valence-electron chi connectivity index (χ3n) is 3.56. The van der Waals surface area contributed by atoms with Crippen LogP contribution in [0.25, 0.3) is 0 Å². The predicted molar refractivity (Wildman–Crippen MR) is 67.7 cm³/mol. The molecule has 1 aliphatic heterocycles. The summed E-state index contributed by atoms with van der Waals surface area (Å²) in [7, 11) is 0. The molecule has 0 aromatic heterocycles. The predicted octanol–water partition coefficient (Wildman–Crippen LogP) is 2.43. The van der Waals surface area contributed by atoms with E-state index in [0.29, 0.717) is 5.56 Å². The standard InChI is InChI=1S/C14H18N2O/c1-14(2)6-3-7-16(14)13-5-4-11(10-17)8-12(13)9-15/h4-5,8,17H,3,6-7,10H2,1-2H3. The first kappa shape index (κ1) is 11.9. The fourth-order valence-corrected chi connectivity index (χ4v) is 2.56. The first-order valence-electron chi connectivity index (χ1n) is 6.00. The Hall–Kier alpha value is -1.53. The van der Waals surface area contributed by atoms with Crippen molar-refractivity contribution in [2.24, 2.45) is 0 Å². The average Bonchev–Trinajstić information content (AvgIpc) is 2.68. The zero-order valence-electron chi connectivity index (χ0n) is 10.4. The number of benzene rings is 1. The topological polar surface area (TPSA) is 47.3 Å². The molecule has 3 heteroatoms. The Bertz CT molecular complexity index is 460. The highest BCUT2D eigenvalue weighted by molar-refractivity contribution is 5.62. The zero-order chi connectivity index (χ0) is 12.5. The van der Waals surface area contributed by atoms with Gasteiger partial charge in [0.15, 0.2) is 0 Å². The molecule has 0 radical (unpaired) electrons. The smallest absolute Gasteiger partial charge is 0.101 e. The number of anilines is 1. The molecule has 0 unspecified atom stereocenters. The molecule has 0 atom stereocenters. The molecule has 2 rings (SSSR count). The molecule has 0 bridgehead atoms. The Morgan fingerprint density at radius 1 is 1.47 bits per heavy atom. The molecule has 1 fully saturated rings. The summed E-state index contributed by atoms with van der Waals surface area (Å²) in [6.07, 6.45) is 2.32. The summed E-state index contributed by atoms with van der Waals surface area (Å²) in [5.74, 6) is 0. The van der Waals surface area contributed by atoms with Gasteiger partial charge in [0.2, 0.25) is 0 Å². The van der Waals surface area contributed by atoms with Crippen molar-refractivity contribution >= 4 is 5.69 Å². The Labute approximate surface area is 102 Å². The van der Waals surface area contributed by atoms with Crippen LogP contribution in [0.15, 0.2) is 18.2 Å². The van der Waals surface area contributed by atoms with Crippen LogP contribution in [0.5, 0.6) is 0 Å². The first-order valence-corrected chi connectivity index (χ1v) is 6.00. The Balaban J connectivity index is 2.42. The molecule has 1 aromatic rings. The van der Waals surface area contributed by atoms with Gasteiger partial charge in [-0.2, -0.15) is 5.26 Å². The van der Waals surface area contributed by atoms with E-state index < -0.39 is 0 Å². The largest absolute Gasteiger partial charge is 0.392 e. The van der Waals surface area contributed by atoms with E-state index in [4.69, 9.17) is 5.11 Å². The summed E-state index contributed by atoms with van der Waals surface area (Å²) >= 11 is 0. The van der Waals surface area contributed by atoms with Crippen molar-refractivity contribution in [3.8, 4) is 6.07 Å². The quantitative estimate of drug-likeness (QED) is 0.848. The first-order chi connectivity index (χ1) is 8.08. The van der Waals surface area contributed by atoms with Crippen LogP contribution in [0.2, 0.25) is 0 Å². The van der Waals surface area contributed by atoms with Crippen LogP contribution in [0.4, 0.5) is 5.69 Å². The van der Waals surface area contributed by atoms with E-state index in [1.807, 2.05) is 12.1 Å². The second-order valence-corrected chi connectivity index (χ2v) is 5.19. The molecule has 0 saturated carbocycles. The molecule has 0 spiro atoms. The van der Waals surface area contributed by atoms with E-state index in [-0.39, 0.29) is 12.1 Å². The number of nitriles is 1. The lowest BCUT2D eigenvalue weighted by molar-refractivity contribution is 0.282. The maximum Gasteiger partial charge on any atom is 0.101 e. The van der Waals surface area contributed by atoms with E-state index in [0.717, 1.165) is 24.2 Å². The Morgan fingerprint density at radius 3 is 2.76 bits per heavy atom. The molecule has 1 saturated heterocycles. The van der Waals surface area contributed by atoms with E-state index in [1.54, 1.807) is 6.07 Å². The van der Waals surface area contributed by atoms with Crippen molar-refractivity contribution in [1.29, 1.82) is 5.26 Å². The lowest BCUT2D eigenvalue weighted by atomic mass is 10.00. The van der Waals surface area contributed by atoms with Crippen LogP contribution in [0.1, 0.15) is 37.8 Å². The molecule has 1 aromatic carbocycles. The number of nitrogens with zero attached hydrogens (tertiary/aromatic N) is 2. The van der Waals surface area contributed by atoms with E-state index in [2.05, 4.69) is 24.8 Å². The Morgan fingerprint density at radius 2 is 2.24 bits per heavy atom. The summed E-state index contributed by atoms with van der Waals surface area (Å²) in [5.41, 5.74) is 2.56. The third-order valence-corrected chi connectivity index (χ3v) is 3.56. The molecular formula is C14H18N2O. The average molecular weight is 230 g/mol. The summed E-state index contributed by atoms with van der Waals surface area (Å²) in [5, 5.41) is 18.3. The third kappa shape index (κ3) is 2.13. The molecule has 90 valence electrons. The van der Waals surface area contributed by atoms with Gasteiger partial charge in [-0.15, -0.1) is 0 Å².